The Bertz CT molecular complexity index is 3190. The van der Waals surface area contributed by atoms with Crippen molar-refractivity contribution in [2.24, 2.45) is 0 Å². The van der Waals surface area contributed by atoms with Gasteiger partial charge in [-0.1, -0.05) is 140 Å². The highest BCUT2D eigenvalue weighted by atomic mass is 32.1. The smallest absolute Gasteiger partial charge is 0.0562 e. The van der Waals surface area contributed by atoms with Crippen LogP contribution in [-0.2, 0) is 0 Å². The molecule has 0 unspecified atom stereocenters. The number of thiophene rings is 1. The molecule has 0 aliphatic heterocycles. The van der Waals surface area contributed by atoms with E-state index in [4.69, 9.17) is 0 Å². The van der Waals surface area contributed by atoms with Crippen LogP contribution in [0, 0.1) is 0 Å². The average Bonchev–Trinajstić information content (AvgIpc) is 3.82. The second-order valence-electron chi connectivity index (χ2n) is 14.1. The molecule has 0 N–H and O–H groups in total. The fraction of sp³-hybridized carbons (Fsp3) is 0. The summed E-state index contributed by atoms with van der Waals surface area (Å²) in [6, 6.07) is 75.1. The maximum atomic E-state index is 2.44. The second-order valence-corrected chi connectivity index (χ2v) is 15.2. The molecule has 55 heavy (non-hydrogen) atoms. The molecule has 0 radical (unpaired) electrons. The van der Waals surface area contributed by atoms with Crippen LogP contribution in [0.15, 0.2) is 206 Å². The van der Waals surface area contributed by atoms with Gasteiger partial charge in [0.05, 0.1) is 16.7 Å². The van der Waals surface area contributed by atoms with Crippen molar-refractivity contribution < 1.29 is 0 Å². The summed E-state index contributed by atoms with van der Waals surface area (Å²) >= 11 is 1.89. The molecule has 0 aliphatic rings. The maximum Gasteiger partial charge on any atom is 0.0562 e. The molecule has 0 amide bonds. The standard InChI is InChI=1S/C52H34N2S/c1-3-15-35(16-4-1)37-18-13-21-41(33-37)53(47-26-14-27-48-51(47)43-23-9-11-25-46(43)54(48)39-19-5-2-6-20-39)40-31-29-36(30-32-40)45-34-38-17-7-8-22-42(38)52-50(45)44-24-10-12-28-49(44)55-52/h1-34H. The van der Waals surface area contributed by atoms with Gasteiger partial charge in [0.2, 0.25) is 0 Å². The van der Waals surface area contributed by atoms with E-state index in [-0.39, 0.29) is 0 Å². The lowest BCUT2D eigenvalue weighted by molar-refractivity contribution is 1.18. The van der Waals surface area contributed by atoms with Crippen molar-refractivity contribution in [2.45, 2.75) is 0 Å². The first-order valence-corrected chi connectivity index (χ1v) is 19.6. The lowest BCUT2D eigenvalue weighted by Gasteiger charge is -2.27. The molecule has 0 atom stereocenters. The van der Waals surface area contributed by atoms with Gasteiger partial charge >= 0.3 is 0 Å². The number of anilines is 3. The van der Waals surface area contributed by atoms with Crippen LogP contribution >= 0.6 is 11.3 Å². The Morgan fingerprint density at radius 2 is 1.05 bits per heavy atom. The Labute approximate surface area is 323 Å². The van der Waals surface area contributed by atoms with Crippen molar-refractivity contribution in [3.63, 3.8) is 0 Å². The third kappa shape index (κ3) is 5.16. The largest absolute Gasteiger partial charge is 0.310 e. The molecular weight excluding hydrogens is 685 g/mol. The Balaban J connectivity index is 1.15. The maximum absolute atomic E-state index is 2.44. The molecule has 2 aromatic heterocycles. The summed E-state index contributed by atoms with van der Waals surface area (Å²) in [5.74, 6) is 0. The Morgan fingerprint density at radius 1 is 0.400 bits per heavy atom. The molecule has 2 heterocycles. The minimum atomic E-state index is 1.10. The lowest BCUT2D eigenvalue weighted by Crippen LogP contribution is -2.10. The van der Waals surface area contributed by atoms with Crippen molar-refractivity contribution >= 4 is 81.1 Å². The number of benzene rings is 9. The zero-order valence-corrected chi connectivity index (χ0v) is 30.7. The highest BCUT2D eigenvalue weighted by molar-refractivity contribution is 7.26. The molecule has 258 valence electrons. The van der Waals surface area contributed by atoms with Crippen molar-refractivity contribution in [3.05, 3.63) is 206 Å². The number of hydrogen-bond acceptors (Lipinski definition) is 2. The van der Waals surface area contributed by atoms with E-state index in [2.05, 4.69) is 216 Å². The number of nitrogens with zero attached hydrogens (tertiary/aromatic N) is 2. The predicted octanol–water partition coefficient (Wildman–Crippen LogP) is 15.1. The SMILES string of the molecule is c1ccc(-c2cccc(N(c3ccc(-c4cc5ccccc5c5sc6ccccc6c45)cc3)c3cccc4c3c3ccccc3n4-c3ccccc3)c2)cc1. The van der Waals surface area contributed by atoms with E-state index in [1.165, 1.54) is 75.0 Å². The predicted molar refractivity (Wildman–Crippen MR) is 237 cm³/mol. The fourth-order valence-corrected chi connectivity index (χ4v) is 9.77. The van der Waals surface area contributed by atoms with E-state index in [0.717, 1.165) is 22.7 Å². The van der Waals surface area contributed by atoms with Gasteiger partial charge in [-0.2, -0.15) is 0 Å². The zero-order valence-electron chi connectivity index (χ0n) is 29.9. The van der Waals surface area contributed by atoms with Crippen LogP contribution in [-0.4, -0.2) is 4.57 Å². The number of para-hydroxylation sites is 2. The normalized spacial score (nSPS) is 11.6. The molecule has 0 fully saturated rings. The van der Waals surface area contributed by atoms with E-state index in [9.17, 15) is 0 Å². The number of fused-ring (bicyclic) bond motifs is 8. The molecule has 2 nitrogen and oxygen atoms in total. The molecule has 0 saturated carbocycles. The van der Waals surface area contributed by atoms with E-state index in [1.807, 2.05) is 11.3 Å². The molecule has 0 saturated heterocycles. The van der Waals surface area contributed by atoms with Crippen LogP contribution in [0.25, 0.3) is 80.7 Å². The Kier molecular flexibility index (Phi) is 7.39. The number of rotatable bonds is 6. The summed E-state index contributed by atoms with van der Waals surface area (Å²) in [5.41, 5.74) is 11.7. The highest BCUT2D eigenvalue weighted by Crippen LogP contribution is 2.47. The quantitative estimate of drug-likeness (QED) is 0.166. The van der Waals surface area contributed by atoms with Gasteiger partial charge in [0.1, 0.15) is 0 Å². The van der Waals surface area contributed by atoms with E-state index in [1.54, 1.807) is 0 Å². The molecular formula is C52H34N2S. The Morgan fingerprint density at radius 3 is 1.89 bits per heavy atom. The van der Waals surface area contributed by atoms with Crippen LogP contribution in [0.3, 0.4) is 0 Å². The number of hydrogen-bond donors (Lipinski definition) is 0. The van der Waals surface area contributed by atoms with Crippen molar-refractivity contribution in [2.75, 3.05) is 4.90 Å². The third-order valence-electron chi connectivity index (χ3n) is 10.9. The average molecular weight is 719 g/mol. The third-order valence-corrected chi connectivity index (χ3v) is 12.2. The van der Waals surface area contributed by atoms with Crippen molar-refractivity contribution in [1.82, 2.24) is 4.57 Å². The van der Waals surface area contributed by atoms with Crippen LogP contribution in [0.2, 0.25) is 0 Å². The molecule has 0 spiro atoms. The second kappa shape index (κ2) is 12.9. The minimum Gasteiger partial charge on any atom is -0.310 e. The van der Waals surface area contributed by atoms with Crippen LogP contribution in [0.5, 0.6) is 0 Å². The first kappa shape index (κ1) is 31.6. The van der Waals surface area contributed by atoms with Gasteiger partial charge in [-0.3, -0.25) is 0 Å². The zero-order chi connectivity index (χ0) is 36.3. The summed E-state index contributed by atoms with van der Waals surface area (Å²) < 4.78 is 5.06. The van der Waals surface area contributed by atoms with E-state index in [0.29, 0.717) is 0 Å². The fourth-order valence-electron chi connectivity index (χ4n) is 8.50. The summed E-state index contributed by atoms with van der Waals surface area (Å²) in [6.45, 7) is 0. The molecule has 0 bridgehead atoms. The van der Waals surface area contributed by atoms with Gasteiger partial charge in [-0.05, 0) is 99.8 Å². The van der Waals surface area contributed by atoms with Crippen molar-refractivity contribution in [3.8, 4) is 27.9 Å². The van der Waals surface area contributed by atoms with E-state index >= 15 is 0 Å². The first-order valence-electron chi connectivity index (χ1n) is 18.8. The summed E-state index contributed by atoms with van der Waals surface area (Å²) in [7, 11) is 0. The molecule has 3 heteroatoms. The molecule has 11 aromatic rings. The molecule has 9 aromatic carbocycles. The monoisotopic (exact) mass is 718 g/mol. The topological polar surface area (TPSA) is 8.17 Å². The summed E-state index contributed by atoms with van der Waals surface area (Å²) in [6.07, 6.45) is 0. The molecule has 0 aliphatic carbocycles. The van der Waals surface area contributed by atoms with Crippen LogP contribution in [0.4, 0.5) is 17.1 Å². The van der Waals surface area contributed by atoms with Gasteiger partial charge in [0.15, 0.2) is 0 Å². The van der Waals surface area contributed by atoms with Crippen LogP contribution < -0.4 is 4.90 Å². The first-order chi connectivity index (χ1) is 27.3. The summed E-state index contributed by atoms with van der Waals surface area (Å²) in [4.78, 5) is 2.44. The highest BCUT2D eigenvalue weighted by Gasteiger charge is 2.22. The lowest BCUT2D eigenvalue weighted by atomic mass is 9.95. The van der Waals surface area contributed by atoms with Gasteiger partial charge < -0.3 is 9.47 Å². The molecule has 11 rings (SSSR count). The van der Waals surface area contributed by atoms with Gasteiger partial charge in [-0.15, -0.1) is 11.3 Å². The Hall–Kier alpha value is -6.94. The van der Waals surface area contributed by atoms with Gasteiger partial charge in [0.25, 0.3) is 0 Å². The van der Waals surface area contributed by atoms with Gasteiger partial charge in [0, 0.05) is 48.0 Å². The van der Waals surface area contributed by atoms with Gasteiger partial charge in [-0.25, -0.2) is 0 Å². The van der Waals surface area contributed by atoms with E-state index < -0.39 is 0 Å². The van der Waals surface area contributed by atoms with Crippen molar-refractivity contribution in [1.29, 1.82) is 0 Å². The van der Waals surface area contributed by atoms with Crippen LogP contribution in [0.1, 0.15) is 0 Å². The summed E-state index contributed by atoms with van der Waals surface area (Å²) in [5, 5.41) is 7.66. The number of aromatic nitrogens is 1. The minimum absolute atomic E-state index is 1.10.